The van der Waals surface area contributed by atoms with E-state index in [0.29, 0.717) is 10.6 Å². The summed E-state index contributed by atoms with van der Waals surface area (Å²) in [5.74, 6) is -1.61. The summed E-state index contributed by atoms with van der Waals surface area (Å²) in [4.78, 5) is 27.1. The van der Waals surface area contributed by atoms with Gasteiger partial charge in [-0.3, -0.25) is 9.78 Å². The number of pyridine rings is 1. The minimum Gasteiger partial charge on any atom is -0.478 e. The van der Waals surface area contributed by atoms with Crippen LogP contribution in [-0.4, -0.2) is 22.0 Å². The van der Waals surface area contributed by atoms with E-state index in [2.05, 4.69) is 10.3 Å². The number of benzene rings is 1. The second-order valence-corrected chi connectivity index (χ2v) is 4.55. The number of hydrogen-bond donors (Lipinski definition) is 2. The van der Waals surface area contributed by atoms with E-state index in [4.69, 9.17) is 11.6 Å². The number of aryl methyl sites for hydroxylation is 1. The summed E-state index contributed by atoms with van der Waals surface area (Å²) in [5, 5.41) is 12.1. The van der Waals surface area contributed by atoms with Crippen molar-refractivity contribution in [2.75, 3.05) is 5.32 Å². The Morgan fingerprint density at radius 1 is 1.30 bits per heavy atom. The molecule has 0 aliphatic carbocycles. The monoisotopic (exact) mass is 290 g/mol. The van der Waals surface area contributed by atoms with Crippen LogP contribution in [0, 0.1) is 6.92 Å². The number of hydrogen-bond acceptors (Lipinski definition) is 3. The number of carbonyl (C=O) groups is 2. The van der Waals surface area contributed by atoms with Gasteiger partial charge in [-0.15, -0.1) is 0 Å². The number of carboxylic acid groups (broad SMARTS) is 1. The Labute approximate surface area is 120 Å². The number of halogens is 1. The van der Waals surface area contributed by atoms with Gasteiger partial charge < -0.3 is 10.4 Å². The molecule has 0 bridgehead atoms. The molecule has 0 radical (unpaired) electrons. The van der Waals surface area contributed by atoms with Gasteiger partial charge in [0.2, 0.25) is 0 Å². The van der Waals surface area contributed by atoms with E-state index in [1.807, 2.05) is 0 Å². The van der Waals surface area contributed by atoms with Crippen molar-refractivity contribution in [3.63, 3.8) is 0 Å². The molecule has 2 rings (SSSR count). The van der Waals surface area contributed by atoms with Gasteiger partial charge in [0, 0.05) is 11.2 Å². The molecule has 1 amide bonds. The van der Waals surface area contributed by atoms with Gasteiger partial charge >= 0.3 is 5.97 Å². The zero-order valence-electron chi connectivity index (χ0n) is 10.6. The van der Waals surface area contributed by atoms with E-state index < -0.39 is 11.9 Å². The summed E-state index contributed by atoms with van der Waals surface area (Å²) in [6.07, 6.45) is 1.41. The number of nitrogens with one attached hydrogen (secondary N) is 1. The molecule has 0 saturated heterocycles. The molecule has 0 fully saturated rings. The van der Waals surface area contributed by atoms with Crippen molar-refractivity contribution in [2.24, 2.45) is 0 Å². The Bertz CT molecular complexity index is 686. The van der Waals surface area contributed by atoms with Crippen LogP contribution in [0.3, 0.4) is 0 Å². The van der Waals surface area contributed by atoms with Gasteiger partial charge in [0.25, 0.3) is 5.91 Å². The molecule has 1 aromatic carbocycles. The molecule has 0 aliphatic heterocycles. The second kappa shape index (κ2) is 5.71. The molecule has 0 saturated carbocycles. The van der Waals surface area contributed by atoms with Crippen molar-refractivity contribution in [1.29, 1.82) is 0 Å². The highest BCUT2D eigenvalue weighted by molar-refractivity contribution is 6.31. The molecule has 5 nitrogen and oxygen atoms in total. The predicted molar refractivity (Wildman–Crippen MR) is 75.3 cm³/mol. The van der Waals surface area contributed by atoms with E-state index in [-0.39, 0.29) is 16.9 Å². The first-order chi connectivity index (χ1) is 9.49. The van der Waals surface area contributed by atoms with Crippen LogP contribution in [0.15, 0.2) is 36.5 Å². The molecule has 6 heteroatoms. The molecule has 2 aromatic rings. The van der Waals surface area contributed by atoms with E-state index in [9.17, 15) is 14.7 Å². The summed E-state index contributed by atoms with van der Waals surface area (Å²) in [5.41, 5.74) is 0.969. The summed E-state index contributed by atoms with van der Waals surface area (Å²) < 4.78 is 0. The number of carbonyl (C=O) groups excluding carboxylic acids is 1. The Hall–Kier alpha value is -2.40. The molecular weight excluding hydrogens is 280 g/mol. The van der Waals surface area contributed by atoms with Crippen molar-refractivity contribution >= 4 is 29.2 Å². The van der Waals surface area contributed by atoms with Crippen LogP contribution in [0.25, 0.3) is 0 Å². The summed E-state index contributed by atoms with van der Waals surface area (Å²) in [6.45, 7) is 1.66. The molecule has 102 valence electrons. The Kier molecular flexibility index (Phi) is 4.00. The third kappa shape index (κ3) is 2.95. The molecule has 1 heterocycles. The molecule has 2 N–H and O–H groups in total. The average molecular weight is 291 g/mol. The first-order valence-corrected chi connectivity index (χ1v) is 6.12. The first-order valence-electron chi connectivity index (χ1n) is 5.75. The lowest BCUT2D eigenvalue weighted by molar-refractivity contribution is 0.0697. The average Bonchev–Trinajstić information content (AvgIpc) is 2.38. The van der Waals surface area contributed by atoms with Gasteiger partial charge in [-0.25, -0.2) is 4.79 Å². The van der Waals surface area contributed by atoms with Gasteiger partial charge in [0.05, 0.1) is 11.3 Å². The molecule has 0 aliphatic rings. The van der Waals surface area contributed by atoms with E-state index >= 15 is 0 Å². The number of nitrogens with zero attached hydrogens (tertiary/aromatic N) is 1. The second-order valence-electron chi connectivity index (χ2n) is 4.12. The van der Waals surface area contributed by atoms with Crippen LogP contribution in [-0.2, 0) is 0 Å². The lowest BCUT2D eigenvalue weighted by Gasteiger charge is -2.10. The largest absolute Gasteiger partial charge is 0.478 e. The standard InChI is InChI=1S/C14H11ClN2O3/c1-8-3-2-4-10(12(8)14(19)20)17-13(18)11-7-9(15)5-6-16-11/h2-7H,1H3,(H,17,18)(H,19,20). The van der Waals surface area contributed by atoms with Gasteiger partial charge in [-0.05, 0) is 30.7 Å². The highest BCUT2D eigenvalue weighted by Gasteiger charge is 2.16. The van der Waals surface area contributed by atoms with Crippen molar-refractivity contribution in [1.82, 2.24) is 4.98 Å². The molecule has 20 heavy (non-hydrogen) atoms. The number of amides is 1. The number of rotatable bonds is 3. The Balaban J connectivity index is 2.33. The van der Waals surface area contributed by atoms with Crippen LogP contribution in [0.2, 0.25) is 5.02 Å². The fourth-order valence-corrected chi connectivity index (χ4v) is 1.93. The van der Waals surface area contributed by atoms with Crippen LogP contribution in [0.4, 0.5) is 5.69 Å². The zero-order chi connectivity index (χ0) is 14.7. The minimum absolute atomic E-state index is 0.0582. The van der Waals surface area contributed by atoms with Gasteiger partial charge in [0.15, 0.2) is 0 Å². The fourth-order valence-electron chi connectivity index (χ4n) is 1.77. The van der Waals surface area contributed by atoms with Crippen LogP contribution < -0.4 is 5.32 Å². The smallest absolute Gasteiger partial charge is 0.338 e. The normalized spacial score (nSPS) is 10.1. The zero-order valence-corrected chi connectivity index (χ0v) is 11.3. The Morgan fingerprint density at radius 2 is 2.05 bits per heavy atom. The maximum Gasteiger partial charge on any atom is 0.338 e. The number of anilines is 1. The van der Waals surface area contributed by atoms with Crippen LogP contribution >= 0.6 is 11.6 Å². The maximum atomic E-state index is 12.0. The van der Waals surface area contributed by atoms with E-state index in [0.717, 1.165) is 0 Å². The summed E-state index contributed by atoms with van der Waals surface area (Å²) in [7, 11) is 0. The lowest BCUT2D eigenvalue weighted by atomic mass is 10.1. The predicted octanol–water partition coefficient (Wildman–Crippen LogP) is 2.99. The van der Waals surface area contributed by atoms with Crippen LogP contribution in [0.5, 0.6) is 0 Å². The van der Waals surface area contributed by atoms with Crippen molar-refractivity contribution in [2.45, 2.75) is 6.92 Å². The summed E-state index contributed by atoms with van der Waals surface area (Å²) in [6, 6.07) is 7.82. The Morgan fingerprint density at radius 3 is 2.70 bits per heavy atom. The van der Waals surface area contributed by atoms with E-state index in [1.165, 1.54) is 18.3 Å². The fraction of sp³-hybridized carbons (Fsp3) is 0.0714. The summed E-state index contributed by atoms with van der Waals surface area (Å²) >= 11 is 5.78. The van der Waals surface area contributed by atoms with Crippen molar-refractivity contribution < 1.29 is 14.7 Å². The first kappa shape index (κ1) is 14.0. The van der Waals surface area contributed by atoms with Crippen molar-refractivity contribution in [3.8, 4) is 0 Å². The molecule has 0 spiro atoms. The SMILES string of the molecule is Cc1cccc(NC(=O)c2cc(Cl)ccn2)c1C(=O)O. The van der Waals surface area contributed by atoms with Gasteiger partial charge in [0.1, 0.15) is 5.69 Å². The minimum atomic E-state index is -1.10. The number of carboxylic acids is 1. The van der Waals surface area contributed by atoms with Crippen LogP contribution in [0.1, 0.15) is 26.4 Å². The third-order valence-corrected chi connectivity index (χ3v) is 2.92. The highest BCUT2D eigenvalue weighted by Crippen LogP contribution is 2.20. The van der Waals surface area contributed by atoms with Crippen molar-refractivity contribution in [3.05, 3.63) is 58.4 Å². The molecule has 1 aromatic heterocycles. The highest BCUT2D eigenvalue weighted by atomic mass is 35.5. The maximum absolute atomic E-state index is 12.0. The van der Waals surface area contributed by atoms with E-state index in [1.54, 1.807) is 25.1 Å². The number of aromatic nitrogens is 1. The lowest BCUT2D eigenvalue weighted by Crippen LogP contribution is -2.16. The topological polar surface area (TPSA) is 79.3 Å². The van der Waals surface area contributed by atoms with Gasteiger partial charge in [-0.1, -0.05) is 23.7 Å². The quantitative estimate of drug-likeness (QED) is 0.911. The third-order valence-electron chi connectivity index (χ3n) is 2.69. The number of aromatic carboxylic acids is 1. The molecular formula is C14H11ClN2O3. The molecule has 0 atom stereocenters. The molecule has 0 unspecified atom stereocenters. The van der Waals surface area contributed by atoms with Gasteiger partial charge in [-0.2, -0.15) is 0 Å².